The van der Waals surface area contributed by atoms with Gasteiger partial charge in [-0.05, 0) is 43.3 Å². The lowest BCUT2D eigenvalue weighted by Gasteiger charge is -2.14. The molecular formula is C17H14ClN3O4. The lowest BCUT2D eigenvalue weighted by molar-refractivity contribution is -0.155. The number of fused-ring (bicyclic) bond motifs is 1. The van der Waals surface area contributed by atoms with Gasteiger partial charge in [-0.3, -0.25) is 4.79 Å². The Labute approximate surface area is 147 Å². The Morgan fingerprint density at radius 2 is 1.92 bits per heavy atom. The van der Waals surface area contributed by atoms with E-state index < -0.39 is 12.1 Å². The molecule has 1 atom stereocenters. The van der Waals surface area contributed by atoms with Gasteiger partial charge >= 0.3 is 5.97 Å². The summed E-state index contributed by atoms with van der Waals surface area (Å²) in [5.74, 6) is -0.145. The average molecular weight is 360 g/mol. The number of hydrogen-bond acceptors (Lipinski definition) is 6. The van der Waals surface area contributed by atoms with Crippen LogP contribution in [0.15, 0.2) is 53.3 Å². The van der Waals surface area contributed by atoms with Crippen LogP contribution in [0.5, 0.6) is 5.75 Å². The molecule has 7 nitrogen and oxygen atoms in total. The molecule has 0 aliphatic heterocycles. The molecule has 128 valence electrons. The number of carbonyl (C=O) groups excluding carboxylic acids is 1. The summed E-state index contributed by atoms with van der Waals surface area (Å²) in [6, 6.07) is 13.4. The van der Waals surface area contributed by atoms with E-state index in [9.17, 15) is 9.59 Å². The minimum atomic E-state index is -0.856. The molecule has 3 rings (SSSR count). The van der Waals surface area contributed by atoms with Crippen LogP contribution in [0.3, 0.4) is 0 Å². The molecule has 25 heavy (non-hydrogen) atoms. The molecule has 0 N–H and O–H groups in total. The van der Waals surface area contributed by atoms with Crippen LogP contribution >= 0.6 is 11.6 Å². The molecule has 0 amide bonds. The van der Waals surface area contributed by atoms with Crippen LogP contribution in [-0.4, -0.2) is 27.1 Å². The van der Waals surface area contributed by atoms with E-state index in [4.69, 9.17) is 21.1 Å². The number of rotatable bonds is 5. The summed E-state index contributed by atoms with van der Waals surface area (Å²) in [7, 11) is 0. The van der Waals surface area contributed by atoms with Crippen molar-refractivity contribution in [3.05, 3.63) is 63.9 Å². The second-order valence-corrected chi connectivity index (χ2v) is 5.65. The zero-order valence-electron chi connectivity index (χ0n) is 13.3. The molecule has 1 aromatic heterocycles. The molecule has 0 radical (unpaired) electrons. The Hall–Kier alpha value is -2.93. The summed E-state index contributed by atoms with van der Waals surface area (Å²) in [5.41, 5.74) is 0.0965. The number of halogens is 1. The van der Waals surface area contributed by atoms with Crippen molar-refractivity contribution in [2.75, 3.05) is 0 Å². The molecule has 0 aliphatic carbocycles. The predicted molar refractivity (Wildman–Crippen MR) is 91.4 cm³/mol. The Bertz CT molecular complexity index is 956. The molecule has 8 heteroatoms. The van der Waals surface area contributed by atoms with Gasteiger partial charge in [0.25, 0.3) is 5.56 Å². The molecule has 0 aliphatic rings. The standard InChI is InChI=1S/C17H14ClN3O4/c1-11(25-13-8-6-12(18)7-9-13)17(23)24-10-21-16(22)14-4-2-3-5-15(14)19-20-21/h2-9,11H,10H2,1H3. The summed E-state index contributed by atoms with van der Waals surface area (Å²) in [6.07, 6.45) is -0.856. The van der Waals surface area contributed by atoms with Crippen LogP contribution in [0.2, 0.25) is 5.02 Å². The number of ether oxygens (including phenoxy) is 2. The van der Waals surface area contributed by atoms with Crippen molar-refractivity contribution in [2.24, 2.45) is 0 Å². The molecule has 0 fully saturated rings. The molecule has 2 aromatic carbocycles. The van der Waals surface area contributed by atoms with Crippen molar-refractivity contribution in [2.45, 2.75) is 19.8 Å². The third kappa shape index (κ3) is 3.95. The third-order valence-corrected chi connectivity index (χ3v) is 3.67. The Morgan fingerprint density at radius 1 is 1.20 bits per heavy atom. The normalized spacial score (nSPS) is 11.9. The van der Waals surface area contributed by atoms with Crippen LogP contribution in [-0.2, 0) is 16.3 Å². The highest BCUT2D eigenvalue weighted by molar-refractivity contribution is 6.30. The second kappa shape index (κ2) is 7.31. The second-order valence-electron chi connectivity index (χ2n) is 5.22. The van der Waals surface area contributed by atoms with Crippen molar-refractivity contribution < 1.29 is 14.3 Å². The summed E-state index contributed by atoms with van der Waals surface area (Å²) < 4.78 is 11.5. The highest BCUT2D eigenvalue weighted by Gasteiger charge is 2.17. The fourth-order valence-corrected chi connectivity index (χ4v) is 2.24. The smallest absolute Gasteiger partial charge is 0.348 e. The first-order valence-corrected chi connectivity index (χ1v) is 7.84. The number of hydrogen-bond donors (Lipinski definition) is 0. The Kier molecular flexibility index (Phi) is 4.95. The molecular weight excluding hydrogens is 346 g/mol. The molecule has 0 saturated heterocycles. The van der Waals surface area contributed by atoms with E-state index in [0.29, 0.717) is 21.7 Å². The minimum Gasteiger partial charge on any atom is -0.479 e. The van der Waals surface area contributed by atoms with E-state index in [1.807, 2.05) is 0 Å². The lowest BCUT2D eigenvalue weighted by Crippen LogP contribution is -2.31. The highest BCUT2D eigenvalue weighted by atomic mass is 35.5. The first-order chi connectivity index (χ1) is 12.0. The van der Waals surface area contributed by atoms with Crippen molar-refractivity contribution in [3.8, 4) is 5.75 Å². The van der Waals surface area contributed by atoms with Gasteiger partial charge in [-0.25, -0.2) is 4.79 Å². The average Bonchev–Trinajstić information content (AvgIpc) is 2.63. The fourth-order valence-electron chi connectivity index (χ4n) is 2.12. The van der Waals surface area contributed by atoms with E-state index in [1.54, 1.807) is 55.5 Å². The maximum atomic E-state index is 12.3. The number of nitrogens with zero attached hydrogens (tertiary/aromatic N) is 3. The van der Waals surface area contributed by atoms with Gasteiger partial charge in [0, 0.05) is 5.02 Å². The van der Waals surface area contributed by atoms with Crippen LogP contribution in [0.25, 0.3) is 10.9 Å². The lowest BCUT2D eigenvalue weighted by atomic mass is 10.2. The van der Waals surface area contributed by atoms with Crippen molar-refractivity contribution in [1.29, 1.82) is 0 Å². The number of esters is 1. The summed E-state index contributed by atoms with van der Waals surface area (Å²) in [4.78, 5) is 24.3. The SMILES string of the molecule is CC(Oc1ccc(Cl)cc1)C(=O)OCn1nnc2ccccc2c1=O. The fraction of sp³-hybridized carbons (Fsp3) is 0.176. The molecule has 0 bridgehead atoms. The van der Waals surface area contributed by atoms with Crippen LogP contribution in [0, 0.1) is 0 Å². The van der Waals surface area contributed by atoms with Gasteiger partial charge in [0.2, 0.25) is 0 Å². The van der Waals surface area contributed by atoms with Gasteiger partial charge in [0.05, 0.1) is 5.39 Å². The van der Waals surface area contributed by atoms with Crippen molar-refractivity contribution in [1.82, 2.24) is 15.0 Å². The maximum absolute atomic E-state index is 12.3. The van der Waals surface area contributed by atoms with Gasteiger partial charge in [0.15, 0.2) is 12.8 Å². The zero-order valence-corrected chi connectivity index (χ0v) is 14.0. The predicted octanol–water partition coefficient (Wildman–Crippen LogP) is 2.41. The van der Waals surface area contributed by atoms with E-state index in [-0.39, 0.29) is 12.3 Å². The largest absolute Gasteiger partial charge is 0.479 e. The molecule has 1 unspecified atom stereocenters. The molecule has 0 saturated carbocycles. The number of carbonyl (C=O) groups is 1. The summed E-state index contributed by atoms with van der Waals surface area (Å²) >= 11 is 5.79. The number of aromatic nitrogens is 3. The Balaban J connectivity index is 1.64. The van der Waals surface area contributed by atoms with E-state index in [2.05, 4.69) is 10.3 Å². The maximum Gasteiger partial charge on any atom is 0.348 e. The van der Waals surface area contributed by atoms with Gasteiger partial charge in [-0.1, -0.05) is 28.9 Å². The topological polar surface area (TPSA) is 83.3 Å². The van der Waals surface area contributed by atoms with E-state index in [0.717, 1.165) is 4.68 Å². The molecule has 0 spiro atoms. The minimum absolute atomic E-state index is 0.343. The highest BCUT2D eigenvalue weighted by Crippen LogP contribution is 2.17. The molecule has 3 aromatic rings. The Morgan fingerprint density at radius 3 is 2.68 bits per heavy atom. The van der Waals surface area contributed by atoms with Crippen molar-refractivity contribution in [3.63, 3.8) is 0 Å². The first kappa shape index (κ1) is 16.9. The van der Waals surface area contributed by atoms with Gasteiger partial charge in [0.1, 0.15) is 11.3 Å². The van der Waals surface area contributed by atoms with Crippen molar-refractivity contribution >= 4 is 28.5 Å². The zero-order chi connectivity index (χ0) is 17.8. The van der Waals surface area contributed by atoms with E-state index >= 15 is 0 Å². The molecule has 1 heterocycles. The number of benzene rings is 2. The van der Waals surface area contributed by atoms with Crippen LogP contribution in [0.1, 0.15) is 6.92 Å². The van der Waals surface area contributed by atoms with Gasteiger partial charge < -0.3 is 9.47 Å². The van der Waals surface area contributed by atoms with Gasteiger partial charge in [-0.15, -0.1) is 5.10 Å². The third-order valence-electron chi connectivity index (χ3n) is 3.42. The van der Waals surface area contributed by atoms with Gasteiger partial charge in [-0.2, -0.15) is 4.68 Å². The van der Waals surface area contributed by atoms with E-state index in [1.165, 1.54) is 0 Å². The van der Waals surface area contributed by atoms with Crippen LogP contribution in [0.4, 0.5) is 0 Å². The summed E-state index contributed by atoms with van der Waals surface area (Å²) in [6.45, 7) is 1.20. The van der Waals surface area contributed by atoms with Crippen LogP contribution < -0.4 is 10.3 Å². The monoisotopic (exact) mass is 359 g/mol. The first-order valence-electron chi connectivity index (χ1n) is 7.46. The quantitative estimate of drug-likeness (QED) is 0.650. The summed E-state index contributed by atoms with van der Waals surface area (Å²) in [5, 5.41) is 8.64.